The molecule has 0 N–H and O–H groups in total. The lowest BCUT2D eigenvalue weighted by Gasteiger charge is -2.45. The van der Waals surface area contributed by atoms with Crippen molar-refractivity contribution in [2.75, 3.05) is 27.2 Å². The summed E-state index contributed by atoms with van der Waals surface area (Å²) in [5, 5.41) is 0. The van der Waals surface area contributed by atoms with Gasteiger partial charge in [0, 0.05) is 25.9 Å². The molecule has 1 fully saturated rings. The minimum absolute atomic E-state index is 0.0321. The minimum Gasteiger partial charge on any atom is -0.460 e. The molecule has 0 spiro atoms. The molecule has 0 radical (unpaired) electrons. The number of rotatable bonds is 6. The van der Waals surface area contributed by atoms with Crippen LogP contribution in [0.5, 0.6) is 0 Å². The second kappa shape index (κ2) is 8.89. The number of ether oxygens (including phenoxy) is 1. The third-order valence-electron chi connectivity index (χ3n) is 7.96. The number of nitrogens with zero attached hydrogens (tertiary/aromatic N) is 2. The summed E-state index contributed by atoms with van der Waals surface area (Å²) in [6.07, 6.45) is 0. The Morgan fingerprint density at radius 3 is 1.66 bits per heavy atom. The van der Waals surface area contributed by atoms with Gasteiger partial charge in [0.15, 0.2) is 0 Å². The zero-order chi connectivity index (χ0) is 26.8. The molecule has 3 aromatic carbocycles. The van der Waals surface area contributed by atoms with Crippen molar-refractivity contribution in [1.82, 2.24) is 9.21 Å². The molecule has 2 bridgehead atoms. The van der Waals surface area contributed by atoms with Crippen LogP contribution < -0.4 is 0 Å². The Labute approximate surface area is 220 Å². The van der Waals surface area contributed by atoms with E-state index in [9.17, 15) is 22.8 Å². The van der Waals surface area contributed by atoms with Crippen LogP contribution in [-0.4, -0.2) is 62.7 Å². The van der Waals surface area contributed by atoms with Crippen LogP contribution in [0.25, 0.3) is 0 Å². The lowest BCUT2D eigenvalue weighted by atomic mass is 9.55. The Bertz CT molecular complexity index is 1470. The lowest BCUT2D eigenvalue weighted by molar-refractivity contribution is -0.140. The predicted molar refractivity (Wildman–Crippen MR) is 138 cm³/mol. The lowest BCUT2D eigenvalue weighted by Crippen LogP contribution is -2.41. The molecule has 0 saturated carbocycles. The maximum atomic E-state index is 13.6. The van der Waals surface area contributed by atoms with E-state index in [2.05, 4.69) is 24.3 Å². The van der Waals surface area contributed by atoms with Gasteiger partial charge >= 0.3 is 5.97 Å². The number of carbonyl (C=O) groups excluding carboxylic acids is 3. The number of benzene rings is 3. The summed E-state index contributed by atoms with van der Waals surface area (Å²) in [4.78, 5) is 41.1. The molecule has 7 rings (SSSR count). The maximum absolute atomic E-state index is 13.6. The summed E-state index contributed by atoms with van der Waals surface area (Å²) < 4.78 is 30.9. The topological polar surface area (TPSA) is 101 Å². The highest BCUT2D eigenvalue weighted by atomic mass is 32.2. The second-order valence-corrected chi connectivity index (χ2v) is 12.2. The van der Waals surface area contributed by atoms with Gasteiger partial charge in [-0.3, -0.25) is 14.5 Å². The first-order valence-corrected chi connectivity index (χ1v) is 13.9. The molecule has 2 atom stereocenters. The van der Waals surface area contributed by atoms with Crippen molar-refractivity contribution in [3.63, 3.8) is 0 Å². The zero-order valence-electron chi connectivity index (χ0n) is 20.9. The Kier molecular flexibility index (Phi) is 5.73. The molecular weight excluding hydrogens is 504 g/mol. The van der Waals surface area contributed by atoms with E-state index in [1.807, 2.05) is 24.3 Å². The molecule has 1 aliphatic heterocycles. The molecule has 9 heteroatoms. The van der Waals surface area contributed by atoms with Crippen LogP contribution in [0, 0.1) is 11.8 Å². The summed E-state index contributed by atoms with van der Waals surface area (Å²) in [6.45, 7) is -0.182. The summed E-state index contributed by atoms with van der Waals surface area (Å²) in [7, 11) is -0.758. The van der Waals surface area contributed by atoms with Crippen molar-refractivity contribution in [3.05, 3.63) is 101 Å². The molecule has 3 aromatic rings. The smallest absolute Gasteiger partial charge is 0.338 e. The van der Waals surface area contributed by atoms with E-state index in [4.69, 9.17) is 4.74 Å². The highest BCUT2D eigenvalue weighted by molar-refractivity contribution is 7.89. The largest absolute Gasteiger partial charge is 0.460 e. The van der Waals surface area contributed by atoms with Gasteiger partial charge in [-0.15, -0.1) is 0 Å². The number of amides is 2. The summed E-state index contributed by atoms with van der Waals surface area (Å²) in [5.74, 6) is -2.42. The first-order chi connectivity index (χ1) is 18.2. The van der Waals surface area contributed by atoms with Crippen LogP contribution in [0.4, 0.5) is 0 Å². The van der Waals surface area contributed by atoms with Crippen LogP contribution in [0.1, 0.15) is 44.4 Å². The number of likely N-dealkylation sites (tertiary alicyclic amines) is 1. The molecule has 0 aromatic heterocycles. The molecule has 1 heterocycles. The van der Waals surface area contributed by atoms with Gasteiger partial charge in [0.1, 0.15) is 6.61 Å². The predicted octanol–water partition coefficient (Wildman–Crippen LogP) is 2.99. The Hall–Kier alpha value is -3.82. The third kappa shape index (κ3) is 3.53. The Morgan fingerprint density at radius 1 is 0.789 bits per heavy atom. The normalized spacial score (nSPS) is 23.3. The Balaban J connectivity index is 1.18. The number of imide groups is 1. The molecule has 8 nitrogen and oxygen atoms in total. The molecule has 0 unspecified atom stereocenters. The molecule has 3 aliphatic carbocycles. The van der Waals surface area contributed by atoms with Crippen molar-refractivity contribution in [3.8, 4) is 0 Å². The van der Waals surface area contributed by atoms with Gasteiger partial charge in [0.05, 0.1) is 28.8 Å². The molecular formula is C29H26N2O6S. The van der Waals surface area contributed by atoms with Crippen LogP contribution in [-0.2, 0) is 24.3 Å². The van der Waals surface area contributed by atoms with E-state index in [-0.39, 0.29) is 47.3 Å². The van der Waals surface area contributed by atoms with Crippen molar-refractivity contribution in [1.29, 1.82) is 0 Å². The highest BCUT2D eigenvalue weighted by Crippen LogP contribution is 2.60. The fourth-order valence-corrected chi connectivity index (χ4v) is 7.15. The molecule has 194 valence electrons. The minimum atomic E-state index is -3.61. The zero-order valence-corrected chi connectivity index (χ0v) is 21.7. The van der Waals surface area contributed by atoms with Gasteiger partial charge in [0.2, 0.25) is 21.8 Å². The first-order valence-electron chi connectivity index (χ1n) is 12.4. The molecule has 38 heavy (non-hydrogen) atoms. The maximum Gasteiger partial charge on any atom is 0.338 e. The number of esters is 1. The van der Waals surface area contributed by atoms with Crippen molar-refractivity contribution >= 4 is 27.8 Å². The quantitative estimate of drug-likeness (QED) is 0.359. The fourth-order valence-electron chi connectivity index (χ4n) is 6.25. The summed E-state index contributed by atoms with van der Waals surface area (Å²) in [6, 6.07) is 21.5. The van der Waals surface area contributed by atoms with E-state index in [0.717, 1.165) is 26.6 Å². The highest BCUT2D eigenvalue weighted by Gasteiger charge is 2.61. The van der Waals surface area contributed by atoms with E-state index in [0.29, 0.717) is 0 Å². The number of carbonyl (C=O) groups is 3. The summed E-state index contributed by atoms with van der Waals surface area (Å²) >= 11 is 0. The molecule has 1 saturated heterocycles. The van der Waals surface area contributed by atoms with Crippen LogP contribution in [0.3, 0.4) is 0 Å². The number of hydrogen-bond donors (Lipinski definition) is 0. The summed E-state index contributed by atoms with van der Waals surface area (Å²) in [5.41, 5.74) is 4.59. The average Bonchev–Trinajstić information content (AvgIpc) is 3.18. The first kappa shape index (κ1) is 24.5. The van der Waals surface area contributed by atoms with Gasteiger partial charge in [-0.25, -0.2) is 17.5 Å². The van der Waals surface area contributed by atoms with Crippen LogP contribution in [0.15, 0.2) is 77.7 Å². The number of sulfonamides is 1. The number of hydrogen-bond acceptors (Lipinski definition) is 6. The van der Waals surface area contributed by atoms with Gasteiger partial charge in [0.25, 0.3) is 0 Å². The standard InChI is InChI=1S/C29H26N2O6S/c1-30(2)38(35,36)18-13-11-17(12-14-18)29(34)37-16-15-31-27(32)25-23-19-7-3-4-8-20(19)24(26(25)28(31)33)22-10-6-5-9-21(22)23/h3-14,23-26H,15-16H2,1-2H3/t23?,24?,25-,26+. The van der Waals surface area contributed by atoms with E-state index in [1.54, 1.807) is 0 Å². The van der Waals surface area contributed by atoms with Crippen molar-refractivity contribution in [2.45, 2.75) is 16.7 Å². The van der Waals surface area contributed by atoms with E-state index < -0.39 is 27.8 Å². The van der Waals surface area contributed by atoms with Gasteiger partial charge in [-0.1, -0.05) is 48.5 Å². The van der Waals surface area contributed by atoms with Crippen LogP contribution in [0.2, 0.25) is 0 Å². The monoisotopic (exact) mass is 530 g/mol. The SMILES string of the molecule is CN(C)S(=O)(=O)c1ccc(C(=O)OCCN2C(=O)[C@@H]3C4c5ccccc5C(c5ccccc54)[C@@H]3C2=O)cc1. The van der Waals surface area contributed by atoms with E-state index in [1.165, 1.54) is 43.3 Å². The van der Waals surface area contributed by atoms with Crippen molar-refractivity contribution < 1.29 is 27.5 Å². The van der Waals surface area contributed by atoms with Crippen LogP contribution >= 0.6 is 0 Å². The second-order valence-electron chi connectivity index (χ2n) is 10.0. The van der Waals surface area contributed by atoms with Gasteiger partial charge < -0.3 is 4.74 Å². The van der Waals surface area contributed by atoms with E-state index >= 15 is 0 Å². The average molecular weight is 531 g/mol. The van der Waals surface area contributed by atoms with Gasteiger partial charge in [-0.2, -0.15) is 0 Å². The van der Waals surface area contributed by atoms with Gasteiger partial charge in [-0.05, 0) is 46.5 Å². The molecule has 2 amide bonds. The third-order valence-corrected chi connectivity index (χ3v) is 9.79. The van der Waals surface area contributed by atoms with Crippen molar-refractivity contribution in [2.24, 2.45) is 11.8 Å². The molecule has 4 aliphatic rings. The Morgan fingerprint density at radius 2 is 1.24 bits per heavy atom. The fraction of sp³-hybridized carbons (Fsp3) is 0.276.